The Labute approximate surface area is 275 Å². The first-order chi connectivity index (χ1) is 22.2. The fourth-order valence-corrected chi connectivity index (χ4v) is 6.46. The van der Waals surface area contributed by atoms with E-state index in [-0.39, 0.29) is 35.5 Å². The number of rotatable bonds is 17. The molecule has 6 heteroatoms. The van der Waals surface area contributed by atoms with Gasteiger partial charge in [0.25, 0.3) is 11.8 Å². The monoisotopic (exact) mass is 624 g/mol. The van der Waals surface area contributed by atoms with Crippen LogP contribution in [0, 0.1) is 25.7 Å². The molecule has 0 aliphatic carbocycles. The minimum atomic E-state index is -0.374. The first-order valence-electron chi connectivity index (χ1n) is 17.5. The van der Waals surface area contributed by atoms with Crippen LogP contribution in [0.15, 0.2) is 71.8 Å². The van der Waals surface area contributed by atoms with E-state index in [4.69, 9.17) is 0 Å². The van der Waals surface area contributed by atoms with E-state index in [1.807, 2.05) is 88.4 Å². The Morgan fingerprint density at radius 1 is 0.478 bits per heavy atom. The summed E-state index contributed by atoms with van der Waals surface area (Å²) in [5, 5.41) is 0. The maximum absolute atomic E-state index is 12.9. The third kappa shape index (κ3) is 8.92. The molecule has 2 aliphatic heterocycles. The molecule has 246 valence electrons. The summed E-state index contributed by atoms with van der Waals surface area (Å²) in [6.45, 7) is 7.65. The molecule has 0 saturated carbocycles. The van der Waals surface area contributed by atoms with E-state index in [0.29, 0.717) is 22.5 Å². The minimum absolute atomic E-state index is 0.130. The van der Waals surface area contributed by atoms with Crippen molar-refractivity contribution in [2.45, 2.75) is 118 Å². The van der Waals surface area contributed by atoms with Gasteiger partial charge in [0.2, 0.25) is 11.8 Å². The van der Waals surface area contributed by atoms with Crippen LogP contribution in [0.25, 0.3) is 0 Å². The summed E-state index contributed by atoms with van der Waals surface area (Å²) in [5.41, 5.74) is 4.80. The number of imide groups is 2. The smallest absolute Gasteiger partial charge is 0.261 e. The van der Waals surface area contributed by atoms with Crippen LogP contribution in [-0.2, 0) is 19.2 Å². The van der Waals surface area contributed by atoms with Crippen LogP contribution >= 0.6 is 0 Å². The zero-order valence-electron chi connectivity index (χ0n) is 28.4. The van der Waals surface area contributed by atoms with Gasteiger partial charge in [-0.25, -0.2) is 9.80 Å². The Hall–Kier alpha value is -3.80. The van der Waals surface area contributed by atoms with Gasteiger partial charge in [-0.2, -0.15) is 0 Å². The molecule has 0 spiro atoms. The Kier molecular flexibility index (Phi) is 13.1. The third-order valence-corrected chi connectivity index (χ3v) is 9.49. The van der Waals surface area contributed by atoms with Gasteiger partial charge < -0.3 is 0 Å². The first kappa shape index (κ1) is 35.1. The first-order valence-corrected chi connectivity index (χ1v) is 17.5. The zero-order valence-corrected chi connectivity index (χ0v) is 28.4. The second kappa shape index (κ2) is 17.2. The Morgan fingerprint density at radius 3 is 1.07 bits per heavy atom. The third-order valence-electron chi connectivity index (χ3n) is 9.49. The minimum Gasteiger partial charge on any atom is -0.273 e. The van der Waals surface area contributed by atoms with E-state index in [0.717, 1.165) is 49.7 Å². The van der Waals surface area contributed by atoms with Crippen molar-refractivity contribution in [3.05, 3.63) is 83.0 Å². The van der Waals surface area contributed by atoms with Gasteiger partial charge in [-0.3, -0.25) is 19.2 Å². The van der Waals surface area contributed by atoms with Crippen molar-refractivity contribution in [1.82, 2.24) is 0 Å². The summed E-state index contributed by atoms with van der Waals surface area (Å²) < 4.78 is 0. The normalized spacial score (nSPS) is 20.3. The lowest BCUT2D eigenvalue weighted by Gasteiger charge is -2.13. The number of anilines is 2. The van der Waals surface area contributed by atoms with E-state index in [2.05, 4.69) is 0 Å². The predicted molar refractivity (Wildman–Crippen MR) is 186 cm³/mol. The number of hydrogen-bond donors (Lipinski definition) is 0. The van der Waals surface area contributed by atoms with Crippen molar-refractivity contribution in [2.75, 3.05) is 9.80 Å². The molecule has 2 unspecified atom stereocenters. The molecule has 6 nitrogen and oxygen atoms in total. The van der Waals surface area contributed by atoms with E-state index < -0.39 is 0 Å². The predicted octanol–water partition coefficient (Wildman–Crippen LogP) is 9.34. The number of unbranched alkanes of at least 4 members (excludes halogenated alkanes) is 13. The van der Waals surface area contributed by atoms with Gasteiger partial charge in [-0.1, -0.05) is 112 Å². The molecule has 0 N–H and O–H groups in total. The highest BCUT2D eigenvalue weighted by atomic mass is 16.2. The molecule has 2 atom stereocenters. The molecule has 46 heavy (non-hydrogen) atoms. The zero-order chi connectivity index (χ0) is 33.1. The molecule has 0 bridgehead atoms. The fourth-order valence-electron chi connectivity index (χ4n) is 6.46. The lowest BCUT2D eigenvalue weighted by atomic mass is 10.0. The van der Waals surface area contributed by atoms with E-state index in [9.17, 15) is 19.2 Å². The number of hydrogen-bond acceptors (Lipinski definition) is 4. The van der Waals surface area contributed by atoms with Crippen molar-refractivity contribution >= 4 is 35.0 Å². The lowest BCUT2D eigenvalue weighted by Crippen LogP contribution is -2.30. The average Bonchev–Trinajstić information content (AvgIpc) is 3.39. The van der Waals surface area contributed by atoms with Gasteiger partial charge >= 0.3 is 0 Å². The molecular weight excluding hydrogens is 572 g/mol. The van der Waals surface area contributed by atoms with Gasteiger partial charge in [-0.05, 0) is 77.6 Å². The van der Waals surface area contributed by atoms with Gasteiger partial charge in [0.15, 0.2) is 0 Å². The van der Waals surface area contributed by atoms with Gasteiger partial charge in [0.05, 0.1) is 23.2 Å². The van der Waals surface area contributed by atoms with E-state index >= 15 is 0 Å². The van der Waals surface area contributed by atoms with Crippen molar-refractivity contribution in [1.29, 1.82) is 0 Å². The van der Waals surface area contributed by atoms with Crippen LogP contribution < -0.4 is 9.80 Å². The SMILES string of the molecule is Cc1ccc(N2C(=O)/C(=C\CCCCCCCCCCCCCC/C=C3/C(=O)N(c4ccc(C)cc4)C(=O)C3C)C(C)C2=O)cc1. The van der Waals surface area contributed by atoms with Crippen LogP contribution in [0.4, 0.5) is 11.4 Å². The Morgan fingerprint density at radius 2 is 0.761 bits per heavy atom. The van der Waals surface area contributed by atoms with Crippen molar-refractivity contribution in [3.8, 4) is 0 Å². The number of nitrogens with zero attached hydrogens (tertiary/aromatic N) is 2. The second-order valence-corrected chi connectivity index (χ2v) is 13.2. The molecule has 2 fully saturated rings. The van der Waals surface area contributed by atoms with E-state index in [1.165, 1.54) is 61.2 Å². The van der Waals surface area contributed by atoms with Crippen LogP contribution in [0.2, 0.25) is 0 Å². The summed E-state index contributed by atoms with van der Waals surface area (Å²) in [7, 11) is 0. The molecule has 4 rings (SSSR count). The molecule has 0 aromatic heterocycles. The fraction of sp³-hybridized carbons (Fsp3) is 0.500. The highest BCUT2D eigenvalue weighted by Gasteiger charge is 2.42. The van der Waals surface area contributed by atoms with Crippen molar-refractivity contribution < 1.29 is 19.2 Å². The second-order valence-electron chi connectivity index (χ2n) is 13.2. The number of benzene rings is 2. The number of aryl methyl sites for hydroxylation is 2. The quantitative estimate of drug-likeness (QED) is 0.0999. The number of amides is 4. The van der Waals surface area contributed by atoms with Crippen LogP contribution in [0.3, 0.4) is 0 Å². The molecule has 2 saturated heterocycles. The molecule has 4 amide bonds. The highest BCUT2D eigenvalue weighted by molar-refractivity contribution is 6.29. The molecule has 0 radical (unpaired) electrons. The molecular formula is C40H52N2O4. The summed E-state index contributed by atoms with van der Waals surface area (Å²) in [6, 6.07) is 15.1. The van der Waals surface area contributed by atoms with Gasteiger partial charge in [0.1, 0.15) is 0 Å². The summed E-state index contributed by atoms with van der Waals surface area (Å²) in [6.07, 6.45) is 20.1. The van der Waals surface area contributed by atoms with Gasteiger partial charge in [-0.15, -0.1) is 0 Å². The summed E-state index contributed by atoms with van der Waals surface area (Å²) in [4.78, 5) is 54.0. The van der Waals surface area contributed by atoms with Crippen LogP contribution in [-0.4, -0.2) is 23.6 Å². The van der Waals surface area contributed by atoms with Crippen molar-refractivity contribution in [3.63, 3.8) is 0 Å². The van der Waals surface area contributed by atoms with Crippen LogP contribution in [0.1, 0.15) is 115 Å². The Balaban J connectivity index is 1.00. The van der Waals surface area contributed by atoms with Gasteiger partial charge in [0, 0.05) is 11.1 Å². The highest BCUT2D eigenvalue weighted by Crippen LogP contribution is 2.32. The molecule has 2 aromatic carbocycles. The van der Waals surface area contributed by atoms with Crippen molar-refractivity contribution in [2.24, 2.45) is 11.8 Å². The number of carbonyl (C=O) groups is 4. The topological polar surface area (TPSA) is 74.8 Å². The number of allylic oxidation sites excluding steroid dienone is 2. The molecule has 2 aromatic rings. The maximum Gasteiger partial charge on any atom is 0.261 e. The lowest BCUT2D eigenvalue weighted by molar-refractivity contribution is -0.123. The average molecular weight is 625 g/mol. The number of carbonyl (C=O) groups excluding carboxylic acids is 4. The molecule has 2 aliphatic rings. The Bertz CT molecular complexity index is 1310. The largest absolute Gasteiger partial charge is 0.273 e. The van der Waals surface area contributed by atoms with E-state index in [1.54, 1.807) is 0 Å². The maximum atomic E-state index is 12.9. The molecule has 2 heterocycles. The van der Waals surface area contributed by atoms with Crippen LogP contribution in [0.5, 0.6) is 0 Å². The summed E-state index contributed by atoms with van der Waals surface area (Å²) in [5.74, 6) is -1.35. The standard InChI is InChI=1S/C40H52N2O4/c1-29-21-25-33(26-22-29)41-37(43)31(3)35(39(41)45)19-17-15-13-11-9-7-5-6-8-10-12-14-16-18-20-36-32(4)38(44)42(40(36)46)34-27-23-30(2)24-28-34/h19-28,31-32H,5-18H2,1-4H3/b35-19-,36-20+. The summed E-state index contributed by atoms with van der Waals surface area (Å²) >= 11 is 0.